The second kappa shape index (κ2) is 28.4. The fourth-order valence-corrected chi connectivity index (χ4v) is 7.34. The molecule has 0 aromatic heterocycles. The summed E-state index contributed by atoms with van der Waals surface area (Å²) in [7, 11) is 0. The van der Waals surface area contributed by atoms with Crippen LogP contribution < -0.4 is 0 Å². The highest BCUT2D eigenvalue weighted by Gasteiger charge is 2.14. The average Bonchev–Trinajstić information content (AvgIpc) is 3.17. The first kappa shape index (κ1) is 50.1. The van der Waals surface area contributed by atoms with Crippen LogP contribution in [0.5, 0.6) is 11.5 Å². The minimum atomic E-state index is 0.267. The van der Waals surface area contributed by atoms with Crippen LogP contribution in [0.4, 0.5) is 0 Å². The molecular formula is C56H82O2. The van der Waals surface area contributed by atoms with E-state index in [1.54, 1.807) is 0 Å². The van der Waals surface area contributed by atoms with E-state index in [9.17, 15) is 10.2 Å². The van der Waals surface area contributed by atoms with Crippen molar-refractivity contribution >= 4 is 10.8 Å². The molecule has 0 saturated heterocycles. The lowest BCUT2D eigenvalue weighted by molar-refractivity contribution is 0.461. The molecule has 0 amide bonds. The third kappa shape index (κ3) is 21.1. The van der Waals surface area contributed by atoms with Crippen molar-refractivity contribution in [3.05, 3.63) is 140 Å². The van der Waals surface area contributed by atoms with Crippen molar-refractivity contribution in [3.8, 4) is 11.5 Å². The van der Waals surface area contributed by atoms with Crippen molar-refractivity contribution in [2.45, 2.75) is 185 Å². The SMILES string of the molecule is CC(C)=CCC/C(C)=C/CC/C(C)=C\CC/C(C)=C/CC/C(C)=C/CC/C(C)=C/CC/C(C)=C\CC/C(C)=C\CC/C(C)=C/Cc1c(C)c(O)c2ccccc2c1O. The number of phenolic OH excluding ortho intramolecular Hbond substituents is 2. The van der Waals surface area contributed by atoms with E-state index in [-0.39, 0.29) is 11.5 Å². The third-order valence-corrected chi connectivity index (χ3v) is 11.5. The number of rotatable bonds is 26. The van der Waals surface area contributed by atoms with Gasteiger partial charge in [-0.2, -0.15) is 0 Å². The summed E-state index contributed by atoms with van der Waals surface area (Å²) >= 11 is 0. The van der Waals surface area contributed by atoms with Crippen molar-refractivity contribution in [1.82, 2.24) is 0 Å². The predicted molar refractivity (Wildman–Crippen MR) is 259 cm³/mol. The van der Waals surface area contributed by atoms with E-state index in [1.807, 2.05) is 31.2 Å². The van der Waals surface area contributed by atoms with Gasteiger partial charge in [0, 0.05) is 16.3 Å². The molecule has 2 heteroatoms. The van der Waals surface area contributed by atoms with Crippen molar-refractivity contribution in [3.63, 3.8) is 0 Å². The molecule has 0 aliphatic rings. The van der Waals surface area contributed by atoms with Gasteiger partial charge in [0.15, 0.2) is 0 Å². The van der Waals surface area contributed by atoms with Crippen molar-refractivity contribution in [1.29, 1.82) is 0 Å². The number of fused-ring (bicyclic) bond motifs is 1. The van der Waals surface area contributed by atoms with Crippen molar-refractivity contribution < 1.29 is 10.2 Å². The predicted octanol–water partition coefficient (Wildman–Crippen LogP) is 17.9. The number of aromatic hydroxyl groups is 2. The van der Waals surface area contributed by atoms with E-state index in [1.165, 1.54) is 69.4 Å². The summed E-state index contributed by atoms with van der Waals surface area (Å²) in [4.78, 5) is 0. The molecule has 0 fully saturated rings. The molecule has 0 heterocycles. The van der Waals surface area contributed by atoms with Crippen LogP contribution in [-0.4, -0.2) is 10.2 Å². The maximum atomic E-state index is 10.9. The average molecular weight is 787 g/mol. The second-order valence-corrected chi connectivity index (χ2v) is 17.5. The Bertz CT molecular complexity index is 1850. The Morgan fingerprint density at radius 3 is 0.931 bits per heavy atom. The normalized spacial score (nSPS) is 14.2. The van der Waals surface area contributed by atoms with Crippen LogP contribution in [0.25, 0.3) is 10.8 Å². The molecule has 2 aromatic rings. The highest BCUT2D eigenvalue weighted by Crippen LogP contribution is 2.39. The Morgan fingerprint density at radius 1 is 0.379 bits per heavy atom. The van der Waals surface area contributed by atoms with Gasteiger partial charge in [-0.1, -0.05) is 129 Å². The number of phenols is 2. The third-order valence-electron chi connectivity index (χ3n) is 11.5. The molecule has 0 atom stereocenters. The van der Waals surface area contributed by atoms with Crippen LogP contribution in [0, 0.1) is 6.92 Å². The quantitative estimate of drug-likeness (QED) is 0.0736. The van der Waals surface area contributed by atoms with Crippen molar-refractivity contribution in [2.75, 3.05) is 0 Å². The van der Waals surface area contributed by atoms with Gasteiger partial charge in [0.2, 0.25) is 0 Å². The minimum absolute atomic E-state index is 0.267. The summed E-state index contributed by atoms with van der Waals surface area (Å²) < 4.78 is 0. The van der Waals surface area contributed by atoms with E-state index < -0.39 is 0 Å². The number of hydrogen-bond donors (Lipinski definition) is 2. The first-order chi connectivity index (χ1) is 27.7. The molecule has 0 unspecified atom stereocenters. The number of benzene rings is 2. The minimum Gasteiger partial charge on any atom is -0.507 e. The van der Waals surface area contributed by atoms with Gasteiger partial charge in [-0.05, 0) is 191 Å². The van der Waals surface area contributed by atoms with Gasteiger partial charge < -0.3 is 10.2 Å². The first-order valence-electron chi connectivity index (χ1n) is 22.5. The first-order valence-corrected chi connectivity index (χ1v) is 22.5. The van der Waals surface area contributed by atoms with E-state index in [0.717, 1.165) is 94.6 Å². The van der Waals surface area contributed by atoms with Gasteiger partial charge in [-0.3, -0.25) is 0 Å². The van der Waals surface area contributed by atoms with Gasteiger partial charge in [-0.25, -0.2) is 0 Å². The van der Waals surface area contributed by atoms with Crippen LogP contribution >= 0.6 is 0 Å². The van der Waals surface area contributed by atoms with Crippen LogP contribution in [0.1, 0.15) is 183 Å². The van der Waals surface area contributed by atoms with Gasteiger partial charge in [0.1, 0.15) is 11.5 Å². The summed E-state index contributed by atoms with van der Waals surface area (Å²) in [6, 6.07) is 7.50. The topological polar surface area (TPSA) is 40.5 Å². The molecular weight excluding hydrogens is 705 g/mol. The molecule has 0 spiro atoms. The summed E-state index contributed by atoms with van der Waals surface area (Å²) in [6.07, 6.45) is 40.3. The van der Waals surface area contributed by atoms with Gasteiger partial charge in [0.05, 0.1) is 0 Å². The highest BCUT2D eigenvalue weighted by molar-refractivity contribution is 5.95. The molecule has 318 valence electrons. The summed E-state index contributed by atoms with van der Waals surface area (Å²) in [6.45, 7) is 24.4. The maximum Gasteiger partial charge on any atom is 0.127 e. The van der Waals surface area contributed by atoms with Crippen LogP contribution in [0.15, 0.2) is 129 Å². The smallest absolute Gasteiger partial charge is 0.127 e. The lowest BCUT2D eigenvalue weighted by Gasteiger charge is -2.13. The zero-order valence-electron chi connectivity index (χ0n) is 38.9. The zero-order valence-corrected chi connectivity index (χ0v) is 38.9. The second-order valence-electron chi connectivity index (χ2n) is 17.5. The maximum absolute atomic E-state index is 10.9. The molecule has 2 rings (SSSR count). The molecule has 2 nitrogen and oxygen atoms in total. The Labute approximate surface area is 356 Å². The summed E-state index contributed by atoms with van der Waals surface area (Å²) in [5.41, 5.74) is 14.8. The monoisotopic (exact) mass is 787 g/mol. The van der Waals surface area contributed by atoms with E-state index in [0.29, 0.717) is 17.2 Å². The van der Waals surface area contributed by atoms with Crippen LogP contribution in [0.3, 0.4) is 0 Å². The van der Waals surface area contributed by atoms with Crippen LogP contribution in [0.2, 0.25) is 0 Å². The highest BCUT2D eigenvalue weighted by atomic mass is 16.3. The lowest BCUT2D eigenvalue weighted by atomic mass is 9.95. The molecule has 0 bridgehead atoms. The van der Waals surface area contributed by atoms with E-state index in [2.05, 4.69) is 124 Å². The zero-order chi connectivity index (χ0) is 42.9. The van der Waals surface area contributed by atoms with Crippen LogP contribution in [-0.2, 0) is 6.42 Å². The molecule has 0 aliphatic heterocycles. The molecule has 2 N–H and O–H groups in total. The molecule has 58 heavy (non-hydrogen) atoms. The standard InChI is InChI=1S/C56H82O2/c1-42(2)22-14-23-43(3)24-15-25-44(4)26-16-27-45(5)28-17-29-46(6)30-18-31-47(7)32-19-33-48(8)34-20-35-49(9)36-21-37-50(10)40-41-52-51(11)55(57)53-38-12-13-39-54(53)56(52)58/h12-13,22,24,26,28,30,32,34,36,38-40,57-58H,14-21,23,25,27,29,31,33,35,37,41H2,1-11H3/b43-24+,44-26-,45-28+,46-30+,47-32+,48-34-,49-36-,50-40+. The summed E-state index contributed by atoms with van der Waals surface area (Å²) in [5.74, 6) is 0.548. The fourth-order valence-electron chi connectivity index (χ4n) is 7.34. The Morgan fingerprint density at radius 2 is 0.638 bits per heavy atom. The Hall–Kier alpha value is -4.04. The van der Waals surface area contributed by atoms with E-state index >= 15 is 0 Å². The van der Waals surface area contributed by atoms with Gasteiger partial charge >= 0.3 is 0 Å². The molecule has 0 aliphatic carbocycles. The van der Waals surface area contributed by atoms with Gasteiger partial charge in [0.25, 0.3) is 0 Å². The fraction of sp³-hybridized carbons (Fsp3) is 0.500. The Kier molecular flexibility index (Phi) is 24.5. The van der Waals surface area contributed by atoms with Crippen molar-refractivity contribution in [2.24, 2.45) is 0 Å². The lowest BCUT2D eigenvalue weighted by Crippen LogP contribution is -1.92. The number of hydrogen-bond acceptors (Lipinski definition) is 2. The largest absolute Gasteiger partial charge is 0.507 e. The summed E-state index contributed by atoms with van der Waals surface area (Å²) in [5, 5.41) is 23.0. The molecule has 2 aromatic carbocycles. The molecule has 0 radical (unpaired) electrons. The number of allylic oxidation sites excluding steroid dienone is 18. The Balaban J connectivity index is 1.61. The van der Waals surface area contributed by atoms with E-state index in [4.69, 9.17) is 0 Å². The molecule has 0 saturated carbocycles. The van der Waals surface area contributed by atoms with Gasteiger partial charge in [-0.15, -0.1) is 0 Å².